The van der Waals surface area contributed by atoms with Crippen LogP contribution in [0.1, 0.15) is 46.0 Å². The maximum absolute atomic E-state index is 12.8. The molecule has 23 heavy (non-hydrogen) atoms. The molecule has 3 aliphatic rings. The summed E-state index contributed by atoms with van der Waals surface area (Å²) in [5, 5.41) is 0. The maximum atomic E-state index is 12.8. The van der Waals surface area contributed by atoms with Crippen LogP contribution in [0.25, 0.3) is 0 Å². The van der Waals surface area contributed by atoms with E-state index in [1.165, 1.54) is 0 Å². The van der Waals surface area contributed by atoms with Gasteiger partial charge in [0.2, 0.25) is 5.91 Å². The molecule has 0 radical (unpaired) electrons. The van der Waals surface area contributed by atoms with Crippen molar-refractivity contribution in [2.45, 2.75) is 57.7 Å². The van der Waals surface area contributed by atoms with E-state index in [1.807, 2.05) is 17.1 Å². The molecular formula is C18H27NO4. The van der Waals surface area contributed by atoms with E-state index < -0.39 is 17.4 Å². The Labute approximate surface area is 138 Å². The summed E-state index contributed by atoms with van der Waals surface area (Å²) in [6.07, 6.45) is 8.68. The number of hydrogen-bond donors (Lipinski definition) is 0. The first kappa shape index (κ1) is 16.5. The fourth-order valence-corrected chi connectivity index (χ4v) is 4.01. The van der Waals surface area contributed by atoms with Gasteiger partial charge in [-0.15, -0.1) is 0 Å². The van der Waals surface area contributed by atoms with Gasteiger partial charge in [0.25, 0.3) is 0 Å². The second kappa shape index (κ2) is 6.63. The standard InChI is InChI=1S/C18H27NO4/c1-3-5-7-11-22-17(21)14-13-8-9-18(23-13)12-19(10-6-4-2)16(20)15(14)18/h8-9,13-15H,3-7,10-12H2,1-2H3/t13-,14?,15-,18+/m0/s1. The molecule has 2 fully saturated rings. The Morgan fingerprint density at radius 3 is 2.87 bits per heavy atom. The van der Waals surface area contributed by atoms with Crippen LogP contribution in [0.4, 0.5) is 0 Å². The van der Waals surface area contributed by atoms with E-state index in [0.717, 1.165) is 38.6 Å². The minimum atomic E-state index is -0.595. The quantitative estimate of drug-likeness (QED) is 0.391. The number of unbranched alkanes of at least 4 members (excludes halogenated alkanes) is 3. The van der Waals surface area contributed by atoms with Crippen molar-refractivity contribution in [1.82, 2.24) is 4.90 Å². The summed E-state index contributed by atoms with van der Waals surface area (Å²) in [5.41, 5.74) is -0.595. The van der Waals surface area contributed by atoms with Crippen LogP contribution in [0.5, 0.6) is 0 Å². The van der Waals surface area contributed by atoms with Crippen LogP contribution in [0, 0.1) is 11.8 Å². The SMILES string of the molecule is CCCCCOC(=O)C1[C@@H]2C=C[C@]3(CN(CCCC)C(=O)[C@H]13)O2. The molecule has 0 aliphatic carbocycles. The van der Waals surface area contributed by atoms with Crippen LogP contribution >= 0.6 is 0 Å². The molecule has 0 saturated carbocycles. The molecule has 128 valence electrons. The smallest absolute Gasteiger partial charge is 0.312 e. The molecule has 2 bridgehead atoms. The first-order valence-electron chi connectivity index (χ1n) is 8.95. The summed E-state index contributed by atoms with van der Waals surface area (Å²) in [4.78, 5) is 27.1. The lowest BCUT2D eigenvalue weighted by Gasteiger charge is -2.22. The Kier molecular flexibility index (Phi) is 4.76. The Morgan fingerprint density at radius 2 is 2.13 bits per heavy atom. The number of ether oxygens (including phenoxy) is 2. The van der Waals surface area contributed by atoms with Gasteiger partial charge < -0.3 is 14.4 Å². The van der Waals surface area contributed by atoms with Crippen molar-refractivity contribution >= 4 is 11.9 Å². The van der Waals surface area contributed by atoms with Crippen molar-refractivity contribution in [3.63, 3.8) is 0 Å². The molecule has 1 unspecified atom stereocenters. The normalized spacial score (nSPS) is 34.3. The topological polar surface area (TPSA) is 55.8 Å². The van der Waals surface area contributed by atoms with Gasteiger partial charge in [-0.3, -0.25) is 9.59 Å². The van der Waals surface area contributed by atoms with Gasteiger partial charge in [-0.1, -0.05) is 45.3 Å². The van der Waals surface area contributed by atoms with Crippen molar-refractivity contribution in [3.8, 4) is 0 Å². The van der Waals surface area contributed by atoms with E-state index >= 15 is 0 Å². The third-order valence-corrected chi connectivity index (χ3v) is 5.22. The Morgan fingerprint density at radius 1 is 1.35 bits per heavy atom. The minimum absolute atomic E-state index is 0.0563. The van der Waals surface area contributed by atoms with Gasteiger partial charge >= 0.3 is 5.97 Å². The molecule has 5 nitrogen and oxygen atoms in total. The highest BCUT2D eigenvalue weighted by Crippen LogP contribution is 2.52. The molecule has 3 heterocycles. The van der Waals surface area contributed by atoms with Gasteiger partial charge in [0, 0.05) is 6.54 Å². The Bertz CT molecular complexity index is 503. The van der Waals surface area contributed by atoms with E-state index in [0.29, 0.717) is 13.2 Å². The highest BCUT2D eigenvalue weighted by Gasteiger charge is 2.67. The molecule has 2 saturated heterocycles. The number of fused-ring (bicyclic) bond motifs is 1. The summed E-state index contributed by atoms with van der Waals surface area (Å²) in [5.74, 6) is -1.08. The first-order valence-corrected chi connectivity index (χ1v) is 8.95. The van der Waals surface area contributed by atoms with Gasteiger partial charge in [0.15, 0.2) is 0 Å². The average molecular weight is 321 g/mol. The monoisotopic (exact) mass is 321 g/mol. The molecule has 5 heteroatoms. The zero-order valence-electron chi connectivity index (χ0n) is 14.1. The van der Waals surface area contributed by atoms with Crippen LogP contribution in [0.2, 0.25) is 0 Å². The largest absolute Gasteiger partial charge is 0.465 e. The lowest BCUT2D eigenvalue weighted by molar-refractivity contribution is -0.153. The minimum Gasteiger partial charge on any atom is -0.465 e. The van der Waals surface area contributed by atoms with Gasteiger partial charge in [0.1, 0.15) is 11.5 Å². The van der Waals surface area contributed by atoms with Crippen molar-refractivity contribution in [2.75, 3.05) is 19.7 Å². The van der Waals surface area contributed by atoms with Gasteiger partial charge in [-0.2, -0.15) is 0 Å². The van der Waals surface area contributed by atoms with E-state index in [4.69, 9.17) is 9.47 Å². The fourth-order valence-electron chi connectivity index (χ4n) is 4.01. The molecule has 0 aromatic rings. The molecule has 3 rings (SSSR count). The van der Waals surface area contributed by atoms with Crippen LogP contribution in [0.3, 0.4) is 0 Å². The highest BCUT2D eigenvalue weighted by molar-refractivity contribution is 5.91. The molecule has 0 aromatic heterocycles. The van der Waals surface area contributed by atoms with Crippen molar-refractivity contribution in [3.05, 3.63) is 12.2 Å². The Hall–Kier alpha value is -1.36. The summed E-state index contributed by atoms with van der Waals surface area (Å²) < 4.78 is 11.5. The van der Waals surface area contributed by atoms with Crippen LogP contribution in [-0.4, -0.2) is 48.2 Å². The van der Waals surface area contributed by atoms with E-state index in [1.54, 1.807) is 0 Å². The molecular weight excluding hydrogens is 294 g/mol. The molecule has 1 amide bonds. The number of rotatable bonds is 8. The molecule has 0 N–H and O–H groups in total. The zero-order valence-corrected chi connectivity index (χ0v) is 14.1. The number of hydrogen-bond acceptors (Lipinski definition) is 4. The van der Waals surface area contributed by atoms with Crippen LogP contribution in [-0.2, 0) is 19.1 Å². The number of likely N-dealkylation sites (tertiary alicyclic amines) is 1. The van der Waals surface area contributed by atoms with Gasteiger partial charge in [-0.05, 0) is 12.8 Å². The number of carbonyl (C=O) groups is 2. The maximum Gasteiger partial charge on any atom is 0.312 e. The van der Waals surface area contributed by atoms with E-state index in [9.17, 15) is 9.59 Å². The molecule has 0 aromatic carbocycles. The van der Waals surface area contributed by atoms with E-state index in [-0.39, 0.29) is 18.0 Å². The lowest BCUT2D eigenvalue weighted by Crippen LogP contribution is -2.40. The predicted molar refractivity (Wildman–Crippen MR) is 85.7 cm³/mol. The summed E-state index contributed by atoms with van der Waals surface area (Å²) in [6, 6.07) is 0. The third kappa shape index (κ3) is 2.80. The summed E-state index contributed by atoms with van der Waals surface area (Å²) in [7, 11) is 0. The molecule has 4 atom stereocenters. The summed E-state index contributed by atoms with van der Waals surface area (Å²) in [6.45, 7) is 5.98. The van der Waals surface area contributed by atoms with Gasteiger partial charge in [0.05, 0.1) is 25.2 Å². The predicted octanol–water partition coefficient (Wildman–Crippen LogP) is 2.30. The number of amides is 1. The summed E-state index contributed by atoms with van der Waals surface area (Å²) >= 11 is 0. The zero-order chi connectivity index (χ0) is 16.4. The average Bonchev–Trinajstić information content (AvgIpc) is 3.18. The lowest BCUT2D eigenvalue weighted by atomic mass is 9.77. The van der Waals surface area contributed by atoms with Crippen molar-refractivity contribution < 1.29 is 19.1 Å². The molecule has 3 aliphatic heterocycles. The van der Waals surface area contributed by atoms with Crippen molar-refractivity contribution in [2.24, 2.45) is 11.8 Å². The fraction of sp³-hybridized carbons (Fsp3) is 0.778. The Balaban J connectivity index is 1.67. The number of esters is 1. The third-order valence-electron chi connectivity index (χ3n) is 5.22. The second-order valence-electron chi connectivity index (χ2n) is 6.89. The number of carbonyl (C=O) groups excluding carboxylic acids is 2. The molecule has 1 spiro atoms. The van der Waals surface area contributed by atoms with Crippen LogP contribution in [0.15, 0.2) is 12.2 Å². The second-order valence-corrected chi connectivity index (χ2v) is 6.89. The first-order chi connectivity index (χ1) is 11.1. The number of nitrogens with zero attached hydrogens (tertiary/aromatic N) is 1. The van der Waals surface area contributed by atoms with Gasteiger partial charge in [-0.25, -0.2) is 0 Å². The van der Waals surface area contributed by atoms with Crippen molar-refractivity contribution in [1.29, 1.82) is 0 Å². The van der Waals surface area contributed by atoms with E-state index in [2.05, 4.69) is 13.8 Å². The highest BCUT2D eigenvalue weighted by atomic mass is 16.6. The van der Waals surface area contributed by atoms with Crippen LogP contribution < -0.4 is 0 Å².